The van der Waals surface area contributed by atoms with Gasteiger partial charge in [-0.25, -0.2) is 0 Å². The summed E-state index contributed by atoms with van der Waals surface area (Å²) in [6.07, 6.45) is 1.96. The Morgan fingerprint density at radius 1 is 1.37 bits per heavy atom. The van der Waals surface area contributed by atoms with Crippen LogP contribution in [0.1, 0.15) is 0 Å². The zero-order valence-electron chi connectivity index (χ0n) is 10.5. The van der Waals surface area contributed by atoms with Gasteiger partial charge in [-0.15, -0.1) is 0 Å². The molecular weight excluding hydrogens is 266 g/mol. The van der Waals surface area contributed by atoms with Crippen molar-refractivity contribution < 1.29 is 9.26 Å². The molecule has 0 saturated heterocycles. The molecule has 19 heavy (non-hydrogen) atoms. The number of ether oxygens (including phenoxy) is 1. The summed E-state index contributed by atoms with van der Waals surface area (Å²) in [5.41, 5.74) is 8.17. The fraction of sp³-hybridized carbons (Fsp3) is 0.154. The van der Waals surface area contributed by atoms with Crippen molar-refractivity contribution in [3.05, 3.63) is 29.4 Å². The molecule has 0 radical (unpaired) electrons. The molecule has 0 amide bonds. The molecule has 0 fully saturated rings. The summed E-state index contributed by atoms with van der Waals surface area (Å²) in [5, 5.41) is 5.50. The van der Waals surface area contributed by atoms with Crippen molar-refractivity contribution >= 4 is 28.4 Å². The molecule has 0 bridgehead atoms. The van der Waals surface area contributed by atoms with E-state index in [1.807, 2.05) is 29.9 Å². The zero-order valence-corrected chi connectivity index (χ0v) is 11.2. The first-order valence-electron chi connectivity index (χ1n) is 5.65. The van der Waals surface area contributed by atoms with E-state index in [1.165, 1.54) is 0 Å². The first-order valence-corrected chi connectivity index (χ1v) is 6.03. The molecule has 2 heterocycles. The van der Waals surface area contributed by atoms with Crippen LogP contribution in [0.25, 0.3) is 22.2 Å². The van der Waals surface area contributed by atoms with Crippen molar-refractivity contribution in [3.8, 4) is 17.0 Å². The van der Waals surface area contributed by atoms with Gasteiger partial charge in [0.2, 0.25) is 5.88 Å². The molecule has 3 rings (SSSR count). The number of methoxy groups -OCH3 is 1. The average Bonchev–Trinajstić information content (AvgIpc) is 2.93. The van der Waals surface area contributed by atoms with Crippen molar-refractivity contribution in [1.29, 1.82) is 0 Å². The number of nitrogen functional groups attached to an aromatic ring is 1. The fourth-order valence-corrected chi connectivity index (χ4v) is 2.40. The van der Waals surface area contributed by atoms with E-state index in [2.05, 4.69) is 5.16 Å². The summed E-state index contributed by atoms with van der Waals surface area (Å²) >= 11 is 6.14. The van der Waals surface area contributed by atoms with Gasteiger partial charge in [0.15, 0.2) is 0 Å². The Labute approximate surface area is 114 Å². The van der Waals surface area contributed by atoms with E-state index in [1.54, 1.807) is 13.2 Å². The Morgan fingerprint density at radius 3 is 2.79 bits per heavy atom. The summed E-state index contributed by atoms with van der Waals surface area (Å²) in [5.74, 6) is 0.908. The van der Waals surface area contributed by atoms with Gasteiger partial charge in [0.25, 0.3) is 0 Å². The molecule has 0 spiro atoms. The van der Waals surface area contributed by atoms with Crippen molar-refractivity contribution in [2.75, 3.05) is 12.8 Å². The van der Waals surface area contributed by atoms with E-state index < -0.39 is 0 Å². The SMILES string of the molecule is COc1cc2c(-c3cc(N)on3)cn(C)c2cc1Cl. The van der Waals surface area contributed by atoms with E-state index in [0.717, 1.165) is 16.5 Å². The Morgan fingerprint density at radius 2 is 2.16 bits per heavy atom. The number of aryl methyl sites for hydroxylation is 1. The Hall–Kier alpha value is -2.14. The predicted octanol–water partition coefficient (Wildman–Crippen LogP) is 3.08. The second-order valence-electron chi connectivity index (χ2n) is 4.27. The molecule has 0 unspecified atom stereocenters. The van der Waals surface area contributed by atoms with Crippen LogP contribution in [0.4, 0.5) is 5.88 Å². The first-order chi connectivity index (χ1) is 9.10. The lowest BCUT2D eigenvalue weighted by Gasteiger charge is -2.04. The maximum atomic E-state index is 6.14. The van der Waals surface area contributed by atoms with Crippen LogP contribution >= 0.6 is 11.6 Å². The number of aromatic nitrogens is 2. The molecule has 0 aliphatic heterocycles. The van der Waals surface area contributed by atoms with Gasteiger partial charge in [-0.05, 0) is 12.1 Å². The lowest BCUT2D eigenvalue weighted by atomic mass is 10.1. The number of halogens is 1. The number of nitrogens with zero attached hydrogens (tertiary/aromatic N) is 2. The standard InChI is InChI=1S/C13H12ClN3O2/c1-17-6-8(10-5-13(15)19-16-10)7-3-12(18-2)9(14)4-11(7)17/h3-6H,15H2,1-2H3. The van der Waals surface area contributed by atoms with Gasteiger partial charge >= 0.3 is 0 Å². The Balaban J connectivity index is 2.31. The van der Waals surface area contributed by atoms with Crippen molar-refractivity contribution in [1.82, 2.24) is 9.72 Å². The number of fused-ring (bicyclic) bond motifs is 1. The molecule has 2 aromatic heterocycles. The van der Waals surface area contributed by atoms with E-state index in [9.17, 15) is 0 Å². The third-order valence-corrected chi connectivity index (χ3v) is 3.36. The largest absolute Gasteiger partial charge is 0.495 e. The topological polar surface area (TPSA) is 66.2 Å². The van der Waals surface area contributed by atoms with Crippen LogP contribution in [0.2, 0.25) is 5.02 Å². The van der Waals surface area contributed by atoms with Crippen molar-refractivity contribution in [3.63, 3.8) is 0 Å². The molecule has 5 nitrogen and oxygen atoms in total. The van der Waals surface area contributed by atoms with Crippen LogP contribution in [-0.4, -0.2) is 16.8 Å². The highest BCUT2D eigenvalue weighted by Crippen LogP contribution is 2.36. The van der Waals surface area contributed by atoms with Gasteiger partial charge in [0.05, 0.1) is 17.6 Å². The Kier molecular flexibility index (Phi) is 2.64. The van der Waals surface area contributed by atoms with Crippen LogP contribution in [0, 0.1) is 0 Å². The number of hydrogen-bond acceptors (Lipinski definition) is 4. The van der Waals surface area contributed by atoms with Crippen molar-refractivity contribution in [2.24, 2.45) is 7.05 Å². The van der Waals surface area contributed by atoms with Crippen molar-refractivity contribution in [2.45, 2.75) is 0 Å². The monoisotopic (exact) mass is 277 g/mol. The van der Waals surface area contributed by atoms with E-state index in [-0.39, 0.29) is 5.88 Å². The van der Waals surface area contributed by atoms with Gasteiger partial charge in [-0.1, -0.05) is 16.8 Å². The third kappa shape index (κ3) is 1.82. The molecule has 0 saturated carbocycles. The Bertz CT molecular complexity index is 761. The minimum absolute atomic E-state index is 0.285. The maximum absolute atomic E-state index is 6.14. The predicted molar refractivity (Wildman–Crippen MR) is 74.4 cm³/mol. The van der Waals surface area contributed by atoms with E-state index >= 15 is 0 Å². The smallest absolute Gasteiger partial charge is 0.222 e. The zero-order chi connectivity index (χ0) is 13.6. The number of hydrogen-bond donors (Lipinski definition) is 1. The summed E-state index contributed by atoms with van der Waals surface area (Å²) in [6, 6.07) is 5.44. The first kappa shape index (κ1) is 11.9. The van der Waals surface area contributed by atoms with Gasteiger partial charge in [0, 0.05) is 30.3 Å². The summed E-state index contributed by atoms with van der Waals surface area (Å²) in [6.45, 7) is 0. The van der Waals surface area contributed by atoms with Crippen LogP contribution < -0.4 is 10.5 Å². The molecule has 0 atom stereocenters. The normalized spacial score (nSPS) is 11.1. The maximum Gasteiger partial charge on any atom is 0.222 e. The molecule has 2 N–H and O–H groups in total. The van der Waals surface area contributed by atoms with Gasteiger partial charge in [-0.3, -0.25) is 0 Å². The quantitative estimate of drug-likeness (QED) is 0.782. The summed E-state index contributed by atoms with van der Waals surface area (Å²) in [4.78, 5) is 0. The molecular formula is C13H12ClN3O2. The highest BCUT2D eigenvalue weighted by molar-refractivity contribution is 6.33. The van der Waals surface area contributed by atoms with Gasteiger partial charge in [0.1, 0.15) is 11.4 Å². The second kappa shape index (κ2) is 4.20. The van der Waals surface area contributed by atoms with Crippen LogP contribution in [0.3, 0.4) is 0 Å². The van der Waals surface area contributed by atoms with Crippen LogP contribution in [0.5, 0.6) is 5.75 Å². The van der Waals surface area contributed by atoms with E-state index in [4.69, 9.17) is 26.6 Å². The lowest BCUT2D eigenvalue weighted by molar-refractivity contribution is 0.415. The van der Waals surface area contributed by atoms with Crippen LogP contribution in [0.15, 0.2) is 28.9 Å². The molecule has 1 aromatic carbocycles. The minimum atomic E-state index is 0.285. The fourth-order valence-electron chi connectivity index (χ4n) is 2.16. The van der Waals surface area contributed by atoms with Gasteiger partial charge < -0.3 is 19.6 Å². The summed E-state index contributed by atoms with van der Waals surface area (Å²) in [7, 11) is 3.53. The van der Waals surface area contributed by atoms with E-state index in [0.29, 0.717) is 16.5 Å². The second-order valence-corrected chi connectivity index (χ2v) is 4.68. The minimum Gasteiger partial charge on any atom is -0.495 e. The van der Waals surface area contributed by atoms with Crippen LogP contribution in [-0.2, 0) is 7.05 Å². The molecule has 0 aliphatic rings. The number of benzene rings is 1. The highest BCUT2D eigenvalue weighted by Gasteiger charge is 2.15. The highest BCUT2D eigenvalue weighted by atomic mass is 35.5. The number of anilines is 1. The average molecular weight is 278 g/mol. The summed E-state index contributed by atoms with van der Waals surface area (Å²) < 4.78 is 12.1. The number of rotatable bonds is 2. The third-order valence-electron chi connectivity index (χ3n) is 3.07. The lowest BCUT2D eigenvalue weighted by Crippen LogP contribution is -1.87. The van der Waals surface area contributed by atoms with Gasteiger partial charge in [-0.2, -0.15) is 0 Å². The molecule has 6 heteroatoms. The number of nitrogens with two attached hydrogens (primary N) is 1. The molecule has 0 aliphatic carbocycles. The molecule has 3 aromatic rings. The molecule has 98 valence electrons.